The van der Waals surface area contributed by atoms with E-state index < -0.39 is 0 Å². The lowest BCUT2D eigenvalue weighted by Crippen LogP contribution is -2.02. The monoisotopic (exact) mass is 434 g/mol. The number of hydrogen-bond donors (Lipinski definition) is 1. The van der Waals surface area contributed by atoms with Gasteiger partial charge in [-0.05, 0) is 44.9 Å². The number of thiazole rings is 1. The molecule has 0 aliphatic rings. The summed E-state index contributed by atoms with van der Waals surface area (Å²) in [6.45, 7) is 9.19. The minimum atomic E-state index is 0.553. The molecule has 0 atom stereocenters. The van der Waals surface area contributed by atoms with Gasteiger partial charge in [-0.2, -0.15) is 0 Å². The van der Waals surface area contributed by atoms with Gasteiger partial charge >= 0.3 is 0 Å². The Morgan fingerprint density at radius 3 is 2.42 bits per heavy atom. The van der Waals surface area contributed by atoms with Crippen LogP contribution in [-0.4, -0.2) is 28.2 Å². The Morgan fingerprint density at radius 2 is 1.74 bits per heavy atom. The van der Waals surface area contributed by atoms with Crippen molar-refractivity contribution in [3.8, 4) is 22.8 Å². The predicted octanol–water partition coefficient (Wildman–Crippen LogP) is 6.17. The van der Waals surface area contributed by atoms with E-state index in [1.807, 2.05) is 32.9 Å². The van der Waals surface area contributed by atoms with Crippen LogP contribution < -0.4 is 14.8 Å². The van der Waals surface area contributed by atoms with Gasteiger partial charge in [0.1, 0.15) is 12.1 Å². The molecule has 0 saturated heterocycles. The molecule has 7 heteroatoms. The van der Waals surface area contributed by atoms with Gasteiger partial charge in [-0.25, -0.2) is 15.0 Å². The molecule has 2 aromatic heterocycles. The molecule has 0 aliphatic carbocycles. The number of fused-ring (bicyclic) bond motifs is 1. The van der Waals surface area contributed by atoms with Crippen LogP contribution in [-0.2, 0) is 6.42 Å². The molecule has 31 heavy (non-hydrogen) atoms. The Kier molecular flexibility index (Phi) is 6.32. The van der Waals surface area contributed by atoms with Crippen molar-refractivity contribution in [1.82, 2.24) is 15.0 Å². The van der Waals surface area contributed by atoms with Crippen molar-refractivity contribution in [3.05, 3.63) is 52.6 Å². The highest BCUT2D eigenvalue weighted by Crippen LogP contribution is 2.36. The smallest absolute Gasteiger partial charge is 0.163 e. The van der Waals surface area contributed by atoms with Crippen molar-refractivity contribution in [1.29, 1.82) is 0 Å². The third-order valence-electron chi connectivity index (χ3n) is 4.96. The summed E-state index contributed by atoms with van der Waals surface area (Å²) in [5.74, 6) is 2.11. The van der Waals surface area contributed by atoms with Gasteiger partial charge in [0.25, 0.3) is 0 Å². The highest BCUT2D eigenvalue weighted by molar-refractivity contribution is 7.09. The molecule has 160 valence electrons. The van der Waals surface area contributed by atoms with E-state index in [2.05, 4.69) is 50.8 Å². The SMILES string of the molecule is CCOc1cc2ncnc(Nc3cc(-c4csc(C)n4)ccc3CC)c2cc1OCC. The van der Waals surface area contributed by atoms with Gasteiger partial charge in [0.2, 0.25) is 0 Å². The zero-order valence-electron chi connectivity index (χ0n) is 18.2. The van der Waals surface area contributed by atoms with Crippen LogP contribution in [0.25, 0.3) is 22.2 Å². The molecule has 0 amide bonds. The van der Waals surface area contributed by atoms with Crippen molar-refractivity contribution in [2.24, 2.45) is 0 Å². The quantitative estimate of drug-likeness (QED) is 0.358. The van der Waals surface area contributed by atoms with Crippen molar-refractivity contribution in [2.45, 2.75) is 34.1 Å². The van der Waals surface area contributed by atoms with E-state index in [0.29, 0.717) is 24.7 Å². The van der Waals surface area contributed by atoms with Crippen molar-refractivity contribution in [2.75, 3.05) is 18.5 Å². The molecule has 0 fully saturated rings. The number of benzene rings is 2. The van der Waals surface area contributed by atoms with Crippen LogP contribution in [0.5, 0.6) is 11.5 Å². The predicted molar refractivity (Wildman–Crippen MR) is 127 cm³/mol. The molecule has 6 nitrogen and oxygen atoms in total. The maximum absolute atomic E-state index is 5.81. The van der Waals surface area contributed by atoms with E-state index in [0.717, 1.165) is 45.1 Å². The zero-order chi connectivity index (χ0) is 21.8. The average Bonchev–Trinajstić information content (AvgIpc) is 3.21. The first-order valence-corrected chi connectivity index (χ1v) is 11.4. The minimum absolute atomic E-state index is 0.553. The Hall–Kier alpha value is -3.19. The van der Waals surface area contributed by atoms with E-state index in [1.165, 1.54) is 5.56 Å². The van der Waals surface area contributed by atoms with Gasteiger partial charge in [-0.1, -0.05) is 19.1 Å². The molecule has 0 radical (unpaired) electrons. The fourth-order valence-corrected chi connectivity index (χ4v) is 4.11. The lowest BCUT2D eigenvalue weighted by atomic mass is 10.0. The fourth-order valence-electron chi connectivity index (χ4n) is 3.48. The zero-order valence-corrected chi connectivity index (χ0v) is 19.0. The van der Waals surface area contributed by atoms with Crippen LogP contribution in [0.4, 0.5) is 11.5 Å². The maximum atomic E-state index is 5.81. The van der Waals surface area contributed by atoms with E-state index >= 15 is 0 Å². The van der Waals surface area contributed by atoms with Crippen molar-refractivity contribution in [3.63, 3.8) is 0 Å². The first-order chi connectivity index (χ1) is 15.1. The fraction of sp³-hybridized carbons (Fsp3) is 0.292. The molecule has 0 spiro atoms. The van der Waals surface area contributed by atoms with Crippen LogP contribution in [0, 0.1) is 6.92 Å². The molecule has 0 saturated carbocycles. The Morgan fingerprint density at radius 1 is 0.968 bits per heavy atom. The summed E-state index contributed by atoms with van der Waals surface area (Å²) in [5, 5.41) is 7.56. The molecule has 2 heterocycles. The summed E-state index contributed by atoms with van der Waals surface area (Å²) in [7, 11) is 0. The first-order valence-electron chi connectivity index (χ1n) is 10.5. The van der Waals surface area contributed by atoms with E-state index in [4.69, 9.17) is 9.47 Å². The molecule has 4 aromatic rings. The second kappa shape index (κ2) is 9.31. The number of aromatic nitrogens is 3. The average molecular weight is 435 g/mol. The molecular weight excluding hydrogens is 408 g/mol. The normalized spacial score (nSPS) is 11.0. The molecule has 4 rings (SSSR count). The summed E-state index contributed by atoms with van der Waals surface area (Å²) in [5.41, 5.74) is 5.08. The van der Waals surface area contributed by atoms with Crippen LogP contribution in [0.2, 0.25) is 0 Å². The summed E-state index contributed by atoms with van der Waals surface area (Å²) in [4.78, 5) is 13.6. The molecule has 0 unspecified atom stereocenters. The van der Waals surface area contributed by atoms with Gasteiger partial charge in [0.15, 0.2) is 11.5 Å². The summed E-state index contributed by atoms with van der Waals surface area (Å²) >= 11 is 1.65. The maximum Gasteiger partial charge on any atom is 0.163 e. The summed E-state index contributed by atoms with van der Waals surface area (Å²) in [6, 6.07) is 10.3. The second-order valence-corrected chi connectivity index (χ2v) is 8.07. The first kappa shape index (κ1) is 21.1. The second-order valence-electron chi connectivity index (χ2n) is 7.01. The lowest BCUT2D eigenvalue weighted by molar-refractivity contribution is 0.288. The van der Waals surface area contributed by atoms with Crippen LogP contribution in [0.1, 0.15) is 31.3 Å². The number of hydrogen-bond acceptors (Lipinski definition) is 7. The summed E-state index contributed by atoms with van der Waals surface area (Å²) in [6.07, 6.45) is 2.47. The van der Waals surface area contributed by atoms with Gasteiger partial charge in [0, 0.05) is 28.1 Å². The number of anilines is 2. The number of ether oxygens (including phenoxy) is 2. The molecule has 0 aliphatic heterocycles. The summed E-state index contributed by atoms with van der Waals surface area (Å²) < 4.78 is 11.6. The molecular formula is C24H26N4O2S. The highest BCUT2D eigenvalue weighted by atomic mass is 32.1. The molecule has 2 aromatic carbocycles. The highest BCUT2D eigenvalue weighted by Gasteiger charge is 2.14. The standard InChI is InChI=1S/C24H26N4O2S/c1-5-16-8-9-17(21-13-31-15(4)27-21)10-19(16)28-24-18-11-22(29-6-2)23(30-7-3)12-20(18)25-14-26-24/h8-14H,5-7H2,1-4H3,(H,25,26,28). The van der Waals surface area contributed by atoms with E-state index in [-0.39, 0.29) is 0 Å². The lowest BCUT2D eigenvalue weighted by Gasteiger charge is -2.15. The number of nitrogens with one attached hydrogen (secondary N) is 1. The largest absolute Gasteiger partial charge is 0.490 e. The topological polar surface area (TPSA) is 69.2 Å². The van der Waals surface area contributed by atoms with Crippen molar-refractivity contribution >= 4 is 33.7 Å². The Balaban J connectivity index is 1.78. The molecule has 1 N–H and O–H groups in total. The van der Waals surface area contributed by atoms with E-state index in [1.54, 1.807) is 17.7 Å². The molecule has 0 bridgehead atoms. The third-order valence-corrected chi connectivity index (χ3v) is 5.73. The van der Waals surface area contributed by atoms with Gasteiger partial charge in [0.05, 0.1) is 29.4 Å². The number of rotatable bonds is 8. The minimum Gasteiger partial charge on any atom is -0.490 e. The van der Waals surface area contributed by atoms with Gasteiger partial charge < -0.3 is 14.8 Å². The Labute approximate surface area is 186 Å². The van der Waals surface area contributed by atoms with Crippen molar-refractivity contribution < 1.29 is 9.47 Å². The van der Waals surface area contributed by atoms with Crippen LogP contribution in [0.3, 0.4) is 0 Å². The number of aryl methyl sites for hydroxylation is 2. The van der Waals surface area contributed by atoms with Crippen LogP contribution in [0.15, 0.2) is 42.0 Å². The van der Waals surface area contributed by atoms with Gasteiger partial charge in [-0.15, -0.1) is 11.3 Å². The van der Waals surface area contributed by atoms with Gasteiger partial charge in [-0.3, -0.25) is 0 Å². The number of nitrogens with zero attached hydrogens (tertiary/aromatic N) is 3. The van der Waals surface area contributed by atoms with E-state index in [9.17, 15) is 0 Å². The Bertz CT molecular complexity index is 1210. The third kappa shape index (κ3) is 4.46. The van der Waals surface area contributed by atoms with Crippen LogP contribution >= 0.6 is 11.3 Å².